The van der Waals surface area contributed by atoms with Crippen LogP contribution in [-0.2, 0) is 6.54 Å². The van der Waals surface area contributed by atoms with E-state index >= 15 is 0 Å². The Morgan fingerprint density at radius 1 is 1.24 bits per heavy atom. The second-order valence-electron chi connectivity index (χ2n) is 6.44. The van der Waals surface area contributed by atoms with Gasteiger partial charge in [0.15, 0.2) is 0 Å². The van der Waals surface area contributed by atoms with Crippen LogP contribution in [0.5, 0.6) is 0 Å². The Bertz CT molecular complexity index is 471. The maximum atomic E-state index is 13.1. The summed E-state index contributed by atoms with van der Waals surface area (Å²) in [5.74, 6) is -0.205. The zero-order valence-corrected chi connectivity index (χ0v) is 14.7. The van der Waals surface area contributed by atoms with E-state index in [4.69, 9.17) is 0 Å². The van der Waals surface area contributed by atoms with E-state index < -0.39 is 0 Å². The molecule has 0 unspecified atom stereocenters. The summed E-state index contributed by atoms with van der Waals surface area (Å²) in [6.45, 7) is 10.7. The Morgan fingerprint density at radius 3 is 2.52 bits per heavy atom. The fourth-order valence-electron chi connectivity index (χ4n) is 2.69. The van der Waals surface area contributed by atoms with Gasteiger partial charge in [0.2, 0.25) is 0 Å². The highest BCUT2D eigenvalue weighted by Gasteiger charge is 2.28. The van der Waals surface area contributed by atoms with E-state index in [1.165, 1.54) is 12.1 Å². The number of hydrogen-bond donors (Lipinski definition) is 1. The first-order chi connectivity index (χ1) is 9.88. The van der Waals surface area contributed by atoms with Gasteiger partial charge in [-0.2, -0.15) is 0 Å². The molecule has 3 nitrogen and oxygen atoms in total. The van der Waals surface area contributed by atoms with Crippen LogP contribution in [0.3, 0.4) is 0 Å². The number of halogens is 2. The van der Waals surface area contributed by atoms with Crippen molar-refractivity contribution in [3.05, 3.63) is 34.1 Å². The second kappa shape index (κ2) is 7.18. The maximum Gasteiger partial charge on any atom is 0.124 e. The molecule has 0 bridgehead atoms. The molecule has 2 rings (SSSR count). The minimum Gasteiger partial charge on any atom is -0.311 e. The molecule has 1 aromatic carbocycles. The third-order valence-corrected chi connectivity index (χ3v) is 4.99. The van der Waals surface area contributed by atoms with E-state index in [0.717, 1.165) is 49.3 Å². The average Bonchev–Trinajstić information content (AvgIpc) is 2.41. The van der Waals surface area contributed by atoms with Crippen LogP contribution in [0, 0.1) is 5.82 Å². The number of rotatable bonds is 5. The van der Waals surface area contributed by atoms with Crippen LogP contribution in [-0.4, -0.2) is 55.1 Å². The molecule has 1 aromatic rings. The highest BCUT2D eigenvalue weighted by Crippen LogP contribution is 2.19. The Hall–Kier alpha value is -0.490. The Labute approximate surface area is 135 Å². The van der Waals surface area contributed by atoms with Gasteiger partial charge in [-0.25, -0.2) is 4.39 Å². The van der Waals surface area contributed by atoms with Crippen molar-refractivity contribution in [1.29, 1.82) is 0 Å². The lowest BCUT2D eigenvalue weighted by Crippen LogP contribution is -2.57. The first kappa shape index (κ1) is 16.9. The van der Waals surface area contributed by atoms with Crippen molar-refractivity contribution in [2.75, 3.05) is 39.8 Å². The number of benzene rings is 1. The third-order valence-electron chi connectivity index (χ3n) is 4.25. The summed E-state index contributed by atoms with van der Waals surface area (Å²) in [6.07, 6.45) is 0. The molecule has 0 saturated carbocycles. The average molecular weight is 358 g/mol. The molecule has 0 aliphatic carbocycles. The normalized spacial score (nSPS) is 18.1. The van der Waals surface area contributed by atoms with Crippen LogP contribution in [0.4, 0.5) is 4.39 Å². The molecule has 0 spiro atoms. The van der Waals surface area contributed by atoms with Gasteiger partial charge in [-0.15, -0.1) is 0 Å². The lowest BCUT2D eigenvalue weighted by Gasteiger charge is -2.43. The quantitative estimate of drug-likeness (QED) is 0.873. The molecule has 118 valence electrons. The van der Waals surface area contributed by atoms with Crippen molar-refractivity contribution in [2.45, 2.75) is 25.9 Å². The van der Waals surface area contributed by atoms with Crippen molar-refractivity contribution in [3.8, 4) is 0 Å². The van der Waals surface area contributed by atoms with E-state index in [9.17, 15) is 4.39 Å². The third kappa shape index (κ3) is 4.74. The van der Waals surface area contributed by atoms with Crippen molar-refractivity contribution in [3.63, 3.8) is 0 Å². The zero-order valence-electron chi connectivity index (χ0n) is 13.1. The summed E-state index contributed by atoms with van der Waals surface area (Å²) in [5, 5.41) is 3.50. The van der Waals surface area contributed by atoms with Crippen LogP contribution >= 0.6 is 15.9 Å². The molecule has 0 radical (unpaired) electrons. The molecule has 21 heavy (non-hydrogen) atoms. The van der Waals surface area contributed by atoms with Gasteiger partial charge in [0.05, 0.1) is 0 Å². The van der Waals surface area contributed by atoms with Crippen molar-refractivity contribution in [2.24, 2.45) is 0 Å². The summed E-state index contributed by atoms with van der Waals surface area (Å²) in [5.41, 5.74) is 1.22. The van der Waals surface area contributed by atoms with Crippen molar-refractivity contribution in [1.82, 2.24) is 15.1 Å². The summed E-state index contributed by atoms with van der Waals surface area (Å²) < 4.78 is 13.9. The highest BCUT2D eigenvalue weighted by molar-refractivity contribution is 9.10. The fraction of sp³-hybridized carbons (Fsp3) is 0.625. The van der Waals surface area contributed by atoms with Crippen LogP contribution < -0.4 is 5.32 Å². The number of hydrogen-bond acceptors (Lipinski definition) is 3. The molecule has 1 fully saturated rings. The predicted octanol–water partition coefficient (Wildman–Crippen LogP) is 2.70. The second-order valence-corrected chi connectivity index (χ2v) is 7.30. The molecule has 1 aliphatic heterocycles. The van der Waals surface area contributed by atoms with Gasteiger partial charge in [0.25, 0.3) is 0 Å². The van der Waals surface area contributed by atoms with Gasteiger partial charge in [0, 0.05) is 49.3 Å². The Balaban J connectivity index is 1.84. The van der Waals surface area contributed by atoms with Crippen molar-refractivity contribution >= 4 is 15.9 Å². The molecule has 1 saturated heterocycles. The maximum absolute atomic E-state index is 13.1. The summed E-state index contributed by atoms with van der Waals surface area (Å²) in [6, 6.07) is 4.85. The van der Waals surface area contributed by atoms with Crippen molar-refractivity contribution < 1.29 is 4.39 Å². The van der Waals surface area contributed by atoms with Crippen LogP contribution in [0.2, 0.25) is 0 Å². The van der Waals surface area contributed by atoms with E-state index in [1.54, 1.807) is 0 Å². The molecule has 0 atom stereocenters. The molecule has 0 amide bonds. The number of likely N-dealkylation sites (N-methyl/N-ethyl adjacent to an activating group) is 1. The lowest BCUT2D eigenvalue weighted by molar-refractivity contribution is 0.0618. The SMILES string of the molecule is CN1CCN(C(C)(C)CNCc2ccc(F)cc2Br)CC1. The molecular weight excluding hydrogens is 333 g/mol. The van der Waals surface area contributed by atoms with Crippen LogP contribution in [0.25, 0.3) is 0 Å². The molecule has 1 heterocycles. The minimum absolute atomic E-state index is 0.133. The molecular formula is C16H25BrFN3. The molecule has 5 heteroatoms. The monoisotopic (exact) mass is 357 g/mol. The van der Waals surface area contributed by atoms with E-state index in [-0.39, 0.29) is 11.4 Å². The van der Waals surface area contributed by atoms with Gasteiger partial charge >= 0.3 is 0 Å². The van der Waals surface area contributed by atoms with Gasteiger partial charge in [-0.1, -0.05) is 22.0 Å². The topological polar surface area (TPSA) is 18.5 Å². The van der Waals surface area contributed by atoms with Gasteiger partial charge < -0.3 is 10.2 Å². The van der Waals surface area contributed by atoms with Gasteiger partial charge in [0.1, 0.15) is 5.82 Å². The standard InChI is InChI=1S/C16H25BrFN3/c1-16(2,21-8-6-20(3)7-9-21)12-19-11-13-4-5-14(18)10-15(13)17/h4-5,10,19H,6-9,11-12H2,1-3H3. The van der Waals surface area contributed by atoms with Crippen LogP contribution in [0.15, 0.2) is 22.7 Å². The smallest absolute Gasteiger partial charge is 0.124 e. The zero-order chi connectivity index (χ0) is 15.5. The van der Waals surface area contributed by atoms with E-state index in [0.29, 0.717) is 0 Å². The number of piperazine rings is 1. The number of nitrogens with zero attached hydrogens (tertiary/aromatic N) is 2. The van der Waals surface area contributed by atoms with Gasteiger partial charge in [-0.3, -0.25) is 4.90 Å². The summed E-state index contributed by atoms with van der Waals surface area (Å²) in [4.78, 5) is 4.91. The summed E-state index contributed by atoms with van der Waals surface area (Å²) >= 11 is 3.42. The fourth-order valence-corrected chi connectivity index (χ4v) is 3.18. The largest absolute Gasteiger partial charge is 0.311 e. The predicted molar refractivity (Wildman–Crippen MR) is 89.0 cm³/mol. The first-order valence-electron chi connectivity index (χ1n) is 7.47. The van der Waals surface area contributed by atoms with E-state index in [1.807, 2.05) is 6.07 Å². The molecule has 0 aromatic heterocycles. The Morgan fingerprint density at radius 2 is 1.90 bits per heavy atom. The lowest BCUT2D eigenvalue weighted by atomic mass is 10.0. The minimum atomic E-state index is -0.205. The number of nitrogens with one attached hydrogen (secondary N) is 1. The Kier molecular flexibility index (Phi) is 5.77. The van der Waals surface area contributed by atoms with E-state index in [2.05, 4.69) is 51.9 Å². The molecule has 1 N–H and O–H groups in total. The van der Waals surface area contributed by atoms with Crippen LogP contribution in [0.1, 0.15) is 19.4 Å². The summed E-state index contributed by atoms with van der Waals surface area (Å²) in [7, 11) is 2.18. The first-order valence-corrected chi connectivity index (χ1v) is 8.26. The molecule has 1 aliphatic rings. The van der Waals surface area contributed by atoms with Gasteiger partial charge in [-0.05, 0) is 38.6 Å². The highest BCUT2D eigenvalue weighted by atomic mass is 79.9.